The van der Waals surface area contributed by atoms with Crippen LogP contribution in [0.25, 0.3) is 0 Å². The maximum absolute atomic E-state index is 11.5. The molecule has 0 saturated heterocycles. The molecule has 2 nitrogen and oxygen atoms in total. The molecule has 0 aromatic carbocycles. The zero-order valence-electron chi connectivity index (χ0n) is 9.38. The van der Waals surface area contributed by atoms with Crippen LogP contribution < -0.4 is 0 Å². The van der Waals surface area contributed by atoms with Crippen LogP contribution in [0.5, 0.6) is 0 Å². The summed E-state index contributed by atoms with van der Waals surface area (Å²) in [5.41, 5.74) is 0.184. The first kappa shape index (κ1) is 10.2. The van der Waals surface area contributed by atoms with E-state index in [1.165, 1.54) is 6.42 Å². The highest BCUT2D eigenvalue weighted by Crippen LogP contribution is 2.51. The first-order chi connectivity index (χ1) is 6.55. The van der Waals surface area contributed by atoms with Crippen LogP contribution in [0.3, 0.4) is 0 Å². The highest BCUT2D eigenvalue weighted by atomic mass is 16.5. The highest BCUT2D eigenvalue weighted by Gasteiger charge is 2.49. The Balaban J connectivity index is 2.20. The summed E-state index contributed by atoms with van der Waals surface area (Å²) in [6.45, 7) is 4.52. The number of carbonyl (C=O) groups is 1. The van der Waals surface area contributed by atoms with Crippen molar-refractivity contribution in [2.75, 3.05) is 7.11 Å². The number of hydrogen-bond donors (Lipinski definition) is 0. The first-order valence-corrected chi connectivity index (χ1v) is 5.60. The predicted octanol–water partition coefficient (Wildman–Crippen LogP) is 2.42. The van der Waals surface area contributed by atoms with E-state index in [2.05, 4.69) is 13.8 Å². The third kappa shape index (κ3) is 1.40. The summed E-state index contributed by atoms with van der Waals surface area (Å²) in [5.74, 6) is 1.67. The van der Waals surface area contributed by atoms with Crippen molar-refractivity contribution in [2.24, 2.45) is 17.3 Å². The van der Waals surface area contributed by atoms with E-state index in [0.29, 0.717) is 23.7 Å². The lowest BCUT2D eigenvalue weighted by Gasteiger charge is -2.45. The normalized spacial score (nSPS) is 41.1. The van der Waals surface area contributed by atoms with E-state index < -0.39 is 0 Å². The van der Waals surface area contributed by atoms with Gasteiger partial charge >= 0.3 is 0 Å². The fourth-order valence-electron chi connectivity index (χ4n) is 3.50. The Kier molecular flexibility index (Phi) is 2.42. The van der Waals surface area contributed by atoms with Gasteiger partial charge in [0.2, 0.25) is 0 Å². The van der Waals surface area contributed by atoms with Crippen LogP contribution in [0.1, 0.15) is 39.5 Å². The predicted molar refractivity (Wildman–Crippen MR) is 55.0 cm³/mol. The lowest BCUT2D eigenvalue weighted by Crippen LogP contribution is -2.43. The largest absolute Gasteiger partial charge is 0.381 e. The van der Waals surface area contributed by atoms with E-state index in [9.17, 15) is 4.79 Å². The van der Waals surface area contributed by atoms with Gasteiger partial charge in [-0.2, -0.15) is 0 Å². The molecule has 0 heterocycles. The second kappa shape index (κ2) is 3.34. The van der Waals surface area contributed by atoms with Gasteiger partial charge in [0.1, 0.15) is 5.78 Å². The summed E-state index contributed by atoms with van der Waals surface area (Å²) in [4.78, 5) is 11.5. The number of rotatable bonds is 1. The average molecular weight is 196 g/mol. The summed E-state index contributed by atoms with van der Waals surface area (Å²) in [7, 11) is 1.80. The van der Waals surface area contributed by atoms with Crippen LogP contribution in [0.2, 0.25) is 0 Å². The minimum Gasteiger partial charge on any atom is -0.381 e. The van der Waals surface area contributed by atoms with Crippen molar-refractivity contribution in [3.05, 3.63) is 0 Å². The molecule has 2 aliphatic carbocycles. The molecule has 2 heteroatoms. The Hall–Kier alpha value is -0.370. The SMILES string of the molecule is CO[C@H]1CC[C@@H]2CC(=O)C[C@H]2C1(C)C. The molecule has 0 bridgehead atoms. The van der Waals surface area contributed by atoms with Crippen molar-refractivity contribution in [3.8, 4) is 0 Å². The van der Waals surface area contributed by atoms with Crippen LogP contribution in [0, 0.1) is 17.3 Å². The van der Waals surface area contributed by atoms with Gasteiger partial charge in [0.25, 0.3) is 0 Å². The number of Topliss-reactive ketones (excluding diaryl/α,β-unsaturated/α-hetero) is 1. The molecule has 0 aromatic rings. The molecule has 0 amide bonds. The molecule has 2 rings (SSSR count). The topological polar surface area (TPSA) is 26.3 Å². The number of hydrogen-bond acceptors (Lipinski definition) is 2. The summed E-state index contributed by atoms with van der Waals surface area (Å²) >= 11 is 0. The number of ether oxygens (including phenoxy) is 1. The fraction of sp³-hybridized carbons (Fsp3) is 0.917. The minimum atomic E-state index is 0.184. The smallest absolute Gasteiger partial charge is 0.133 e. The maximum atomic E-state index is 11.5. The number of methoxy groups -OCH3 is 1. The Labute approximate surface area is 86.0 Å². The van der Waals surface area contributed by atoms with Crippen molar-refractivity contribution >= 4 is 5.78 Å². The molecule has 0 spiro atoms. The average Bonchev–Trinajstić information content (AvgIpc) is 2.47. The molecule has 80 valence electrons. The molecular formula is C12H20O2. The van der Waals surface area contributed by atoms with Gasteiger partial charge in [-0.05, 0) is 30.1 Å². The van der Waals surface area contributed by atoms with Crippen molar-refractivity contribution in [3.63, 3.8) is 0 Å². The summed E-state index contributed by atoms with van der Waals surface area (Å²) < 4.78 is 5.54. The number of carbonyl (C=O) groups excluding carboxylic acids is 1. The number of ketones is 1. The Bertz CT molecular complexity index is 245. The van der Waals surface area contributed by atoms with Crippen molar-refractivity contribution in [1.29, 1.82) is 0 Å². The van der Waals surface area contributed by atoms with E-state index >= 15 is 0 Å². The van der Waals surface area contributed by atoms with Gasteiger partial charge in [-0.15, -0.1) is 0 Å². The van der Waals surface area contributed by atoms with E-state index in [1.54, 1.807) is 7.11 Å². The number of fused-ring (bicyclic) bond motifs is 1. The van der Waals surface area contributed by atoms with Gasteiger partial charge < -0.3 is 4.74 Å². The van der Waals surface area contributed by atoms with E-state index in [-0.39, 0.29) is 5.41 Å². The molecule has 2 saturated carbocycles. The van der Waals surface area contributed by atoms with Gasteiger partial charge in [-0.3, -0.25) is 4.79 Å². The van der Waals surface area contributed by atoms with Crippen LogP contribution >= 0.6 is 0 Å². The minimum absolute atomic E-state index is 0.184. The third-order valence-electron chi connectivity index (χ3n) is 4.38. The summed E-state index contributed by atoms with van der Waals surface area (Å²) in [6, 6.07) is 0. The second-order valence-corrected chi connectivity index (χ2v) is 5.44. The standard InChI is InChI=1S/C12H20O2/c1-12(2)10-7-9(13)6-8(10)4-5-11(12)14-3/h8,10-11H,4-7H2,1-3H3/t8-,10-,11+/m1/s1. The molecule has 0 N–H and O–H groups in total. The van der Waals surface area contributed by atoms with Crippen LogP contribution in [0.15, 0.2) is 0 Å². The lowest BCUT2D eigenvalue weighted by atomic mass is 9.63. The molecule has 0 radical (unpaired) electrons. The highest BCUT2D eigenvalue weighted by molar-refractivity contribution is 5.81. The first-order valence-electron chi connectivity index (χ1n) is 5.60. The van der Waals surface area contributed by atoms with E-state index in [0.717, 1.165) is 19.3 Å². The van der Waals surface area contributed by atoms with Crippen molar-refractivity contribution in [2.45, 2.75) is 45.6 Å². The Morgan fingerprint density at radius 1 is 1.29 bits per heavy atom. The molecular weight excluding hydrogens is 176 g/mol. The molecule has 2 fully saturated rings. The molecule has 0 aliphatic heterocycles. The molecule has 14 heavy (non-hydrogen) atoms. The van der Waals surface area contributed by atoms with Gasteiger partial charge in [0, 0.05) is 20.0 Å². The lowest BCUT2D eigenvalue weighted by molar-refractivity contribution is -0.118. The van der Waals surface area contributed by atoms with E-state index in [1.807, 2.05) is 0 Å². The zero-order valence-corrected chi connectivity index (χ0v) is 9.38. The molecule has 2 aliphatic rings. The van der Waals surface area contributed by atoms with Crippen molar-refractivity contribution in [1.82, 2.24) is 0 Å². The molecule has 3 atom stereocenters. The summed E-state index contributed by atoms with van der Waals surface area (Å²) in [6.07, 6.45) is 4.26. The van der Waals surface area contributed by atoms with Crippen LogP contribution in [-0.4, -0.2) is 19.0 Å². The zero-order chi connectivity index (χ0) is 10.3. The van der Waals surface area contributed by atoms with E-state index in [4.69, 9.17) is 4.74 Å². The van der Waals surface area contributed by atoms with Gasteiger partial charge in [0.15, 0.2) is 0 Å². The summed E-state index contributed by atoms with van der Waals surface area (Å²) in [5, 5.41) is 0. The van der Waals surface area contributed by atoms with Gasteiger partial charge in [0.05, 0.1) is 6.10 Å². The maximum Gasteiger partial charge on any atom is 0.133 e. The Morgan fingerprint density at radius 3 is 2.64 bits per heavy atom. The van der Waals surface area contributed by atoms with Gasteiger partial charge in [-0.25, -0.2) is 0 Å². The van der Waals surface area contributed by atoms with Gasteiger partial charge in [-0.1, -0.05) is 13.8 Å². The second-order valence-electron chi connectivity index (χ2n) is 5.44. The quantitative estimate of drug-likeness (QED) is 0.643. The molecule has 0 unspecified atom stereocenters. The van der Waals surface area contributed by atoms with Crippen LogP contribution in [-0.2, 0) is 9.53 Å². The third-order valence-corrected chi connectivity index (χ3v) is 4.38. The van der Waals surface area contributed by atoms with Crippen molar-refractivity contribution < 1.29 is 9.53 Å². The Morgan fingerprint density at radius 2 is 2.00 bits per heavy atom. The fourth-order valence-corrected chi connectivity index (χ4v) is 3.50. The monoisotopic (exact) mass is 196 g/mol. The van der Waals surface area contributed by atoms with Crippen LogP contribution in [0.4, 0.5) is 0 Å². The molecule has 0 aromatic heterocycles.